The molecule has 0 spiro atoms. The van der Waals surface area contributed by atoms with Gasteiger partial charge < -0.3 is 15.2 Å². The highest BCUT2D eigenvalue weighted by atomic mass is 79.9. The zero-order chi connectivity index (χ0) is 12.3. The molecule has 4 heteroatoms. The van der Waals surface area contributed by atoms with Gasteiger partial charge in [-0.1, -0.05) is 6.07 Å². The molecule has 1 aliphatic carbocycles. The third-order valence-electron chi connectivity index (χ3n) is 2.65. The quantitative estimate of drug-likeness (QED) is 0.848. The first-order valence-corrected chi connectivity index (χ1v) is 6.77. The molecule has 1 aromatic rings. The number of nitrogens with one attached hydrogen (secondary N) is 1. The Morgan fingerprint density at radius 1 is 1.53 bits per heavy atom. The van der Waals surface area contributed by atoms with E-state index in [0.29, 0.717) is 6.61 Å². The van der Waals surface area contributed by atoms with Gasteiger partial charge in [0.05, 0.1) is 10.6 Å². The van der Waals surface area contributed by atoms with Crippen molar-refractivity contribution in [3.8, 4) is 5.75 Å². The van der Waals surface area contributed by atoms with Crippen LogP contribution in [0.2, 0.25) is 0 Å². The van der Waals surface area contributed by atoms with Crippen molar-refractivity contribution in [3.63, 3.8) is 0 Å². The van der Waals surface area contributed by atoms with Crippen molar-refractivity contribution >= 4 is 15.9 Å². The Kier molecular flexibility index (Phi) is 4.42. The zero-order valence-corrected chi connectivity index (χ0v) is 11.5. The Labute approximate surface area is 110 Å². The molecule has 0 aliphatic heterocycles. The summed E-state index contributed by atoms with van der Waals surface area (Å²) in [5, 5.41) is 12.6. The third kappa shape index (κ3) is 4.30. The highest BCUT2D eigenvalue weighted by Crippen LogP contribution is 2.27. The molecule has 1 aromatic carbocycles. The van der Waals surface area contributed by atoms with E-state index in [-0.39, 0.29) is 0 Å². The second-order valence-electron chi connectivity index (χ2n) is 4.58. The van der Waals surface area contributed by atoms with E-state index in [0.717, 1.165) is 22.8 Å². The largest absolute Gasteiger partial charge is 0.490 e. The van der Waals surface area contributed by atoms with E-state index < -0.39 is 6.10 Å². The first-order valence-electron chi connectivity index (χ1n) is 5.98. The number of hydrogen-bond acceptors (Lipinski definition) is 3. The molecule has 94 valence electrons. The molecular formula is C13H18BrNO2. The lowest BCUT2D eigenvalue weighted by Crippen LogP contribution is -2.15. The molecule has 0 heterocycles. The van der Waals surface area contributed by atoms with Crippen molar-refractivity contribution in [1.29, 1.82) is 0 Å². The van der Waals surface area contributed by atoms with E-state index in [1.165, 1.54) is 18.4 Å². The lowest BCUT2D eigenvalue weighted by Gasteiger charge is -2.11. The predicted molar refractivity (Wildman–Crippen MR) is 71.2 cm³/mol. The Morgan fingerprint density at radius 3 is 2.88 bits per heavy atom. The molecule has 0 saturated heterocycles. The topological polar surface area (TPSA) is 41.5 Å². The van der Waals surface area contributed by atoms with Crippen molar-refractivity contribution in [2.75, 3.05) is 6.61 Å². The lowest BCUT2D eigenvalue weighted by atomic mass is 10.2. The van der Waals surface area contributed by atoms with Gasteiger partial charge in [-0.2, -0.15) is 0 Å². The van der Waals surface area contributed by atoms with Crippen LogP contribution >= 0.6 is 15.9 Å². The van der Waals surface area contributed by atoms with Gasteiger partial charge in [-0.05, 0) is 53.4 Å². The molecular weight excluding hydrogens is 282 g/mol. The van der Waals surface area contributed by atoms with Gasteiger partial charge in [0.2, 0.25) is 0 Å². The van der Waals surface area contributed by atoms with Crippen LogP contribution in [-0.2, 0) is 6.54 Å². The second kappa shape index (κ2) is 5.85. The van der Waals surface area contributed by atoms with Crippen molar-refractivity contribution in [3.05, 3.63) is 28.2 Å². The van der Waals surface area contributed by atoms with Crippen LogP contribution in [0.3, 0.4) is 0 Å². The number of ether oxygens (including phenoxy) is 1. The van der Waals surface area contributed by atoms with Gasteiger partial charge in [0.25, 0.3) is 0 Å². The average molecular weight is 300 g/mol. The number of halogens is 1. The van der Waals surface area contributed by atoms with Crippen LogP contribution in [0.1, 0.15) is 25.3 Å². The Morgan fingerprint density at radius 2 is 2.29 bits per heavy atom. The number of rotatable bonds is 6. The zero-order valence-electron chi connectivity index (χ0n) is 9.95. The maximum atomic E-state index is 9.16. The van der Waals surface area contributed by atoms with Crippen LogP contribution in [0, 0.1) is 0 Å². The minimum Gasteiger partial charge on any atom is -0.490 e. The third-order valence-corrected chi connectivity index (χ3v) is 3.27. The molecule has 17 heavy (non-hydrogen) atoms. The molecule has 1 aliphatic rings. The van der Waals surface area contributed by atoms with Gasteiger partial charge in [-0.25, -0.2) is 0 Å². The monoisotopic (exact) mass is 299 g/mol. The van der Waals surface area contributed by atoms with Gasteiger partial charge in [-0.3, -0.25) is 0 Å². The average Bonchev–Trinajstić information content (AvgIpc) is 3.08. The fraction of sp³-hybridized carbons (Fsp3) is 0.538. The molecule has 2 rings (SSSR count). The molecule has 3 nitrogen and oxygen atoms in total. The van der Waals surface area contributed by atoms with E-state index in [2.05, 4.69) is 33.4 Å². The molecule has 1 fully saturated rings. The van der Waals surface area contributed by atoms with Crippen molar-refractivity contribution in [2.45, 2.75) is 38.5 Å². The molecule has 0 radical (unpaired) electrons. The van der Waals surface area contributed by atoms with E-state index in [4.69, 9.17) is 9.84 Å². The van der Waals surface area contributed by atoms with E-state index in [1.807, 2.05) is 6.07 Å². The van der Waals surface area contributed by atoms with Crippen molar-refractivity contribution in [1.82, 2.24) is 5.32 Å². The summed E-state index contributed by atoms with van der Waals surface area (Å²) in [6.45, 7) is 2.93. The molecule has 0 amide bonds. The van der Waals surface area contributed by atoms with Gasteiger partial charge in [0, 0.05) is 12.6 Å². The summed E-state index contributed by atoms with van der Waals surface area (Å²) >= 11 is 3.49. The lowest BCUT2D eigenvalue weighted by molar-refractivity contribution is 0.122. The summed E-state index contributed by atoms with van der Waals surface area (Å²) in [6, 6.07) is 6.78. The van der Waals surface area contributed by atoms with Crippen LogP contribution in [0.4, 0.5) is 0 Å². The molecule has 2 N–H and O–H groups in total. The SMILES string of the molecule is CC(O)COc1ccc(CNC2CC2)cc1Br. The smallest absolute Gasteiger partial charge is 0.133 e. The minimum absolute atomic E-state index is 0.318. The Hall–Kier alpha value is -0.580. The van der Waals surface area contributed by atoms with E-state index >= 15 is 0 Å². The summed E-state index contributed by atoms with van der Waals surface area (Å²) in [5.41, 5.74) is 1.24. The van der Waals surface area contributed by atoms with Crippen molar-refractivity contribution in [2.24, 2.45) is 0 Å². The Bertz CT molecular complexity index is 378. The molecule has 1 atom stereocenters. The minimum atomic E-state index is -0.446. The highest BCUT2D eigenvalue weighted by molar-refractivity contribution is 9.10. The number of aliphatic hydroxyl groups excluding tert-OH is 1. The van der Waals surface area contributed by atoms with Crippen LogP contribution in [0.5, 0.6) is 5.75 Å². The summed E-state index contributed by atoms with van der Waals surface area (Å²) in [7, 11) is 0. The van der Waals surface area contributed by atoms with Crippen LogP contribution in [0.25, 0.3) is 0 Å². The van der Waals surface area contributed by atoms with Crippen LogP contribution in [-0.4, -0.2) is 23.9 Å². The van der Waals surface area contributed by atoms with Gasteiger partial charge in [0.1, 0.15) is 12.4 Å². The number of hydrogen-bond donors (Lipinski definition) is 2. The number of benzene rings is 1. The van der Waals surface area contributed by atoms with Gasteiger partial charge in [-0.15, -0.1) is 0 Å². The molecule has 1 saturated carbocycles. The van der Waals surface area contributed by atoms with E-state index in [9.17, 15) is 0 Å². The Balaban J connectivity index is 1.90. The van der Waals surface area contributed by atoms with Crippen LogP contribution < -0.4 is 10.1 Å². The fourth-order valence-electron chi connectivity index (χ4n) is 1.53. The van der Waals surface area contributed by atoms with E-state index in [1.54, 1.807) is 6.92 Å². The molecule has 1 unspecified atom stereocenters. The fourth-order valence-corrected chi connectivity index (χ4v) is 2.07. The maximum Gasteiger partial charge on any atom is 0.133 e. The second-order valence-corrected chi connectivity index (χ2v) is 5.43. The summed E-state index contributed by atoms with van der Waals surface area (Å²) < 4.78 is 6.41. The molecule has 0 bridgehead atoms. The first kappa shape index (κ1) is 12.9. The summed E-state index contributed by atoms with van der Waals surface area (Å²) in [4.78, 5) is 0. The highest BCUT2D eigenvalue weighted by Gasteiger charge is 2.19. The van der Waals surface area contributed by atoms with Crippen LogP contribution in [0.15, 0.2) is 22.7 Å². The van der Waals surface area contributed by atoms with Gasteiger partial charge in [0.15, 0.2) is 0 Å². The summed E-state index contributed by atoms with van der Waals surface area (Å²) in [5.74, 6) is 0.779. The molecule has 0 aromatic heterocycles. The normalized spacial score (nSPS) is 16.9. The summed E-state index contributed by atoms with van der Waals surface area (Å²) in [6.07, 6.45) is 2.16. The first-order chi connectivity index (χ1) is 8.15. The van der Waals surface area contributed by atoms with Gasteiger partial charge >= 0.3 is 0 Å². The maximum absolute atomic E-state index is 9.16. The number of aliphatic hydroxyl groups is 1. The standard InChI is InChI=1S/C13H18BrNO2/c1-9(16)8-17-13-5-2-10(6-12(13)14)7-15-11-3-4-11/h2,5-6,9,11,15-16H,3-4,7-8H2,1H3. The predicted octanol–water partition coefficient (Wildman–Crippen LogP) is 2.46. The van der Waals surface area contributed by atoms with Crippen molar-refractivity contribution < 1.29 is 9.84 Å².